The van der Waals surface area contributed by atoms with Crippen LogP contribution in [0.4, 0.5) is 0 Å². The van der Waals surface area contributed by atoms with Crippen molar-refractivity contribution in [3.8, 4) is 0 Å². The molecule has 1 aliphatic heterocycles. The van der Waals surface area contributed by atoms with Crippen molar-refractivity contribution in [2.24, 2.45) is 4.99 Å². The zero-order valence-electron chi connectivity index (χ0n) is 14.7. The molecule has 0 fully saturated rings. The summed E-state index contributed by atoms with van der Waals surface area (Å²) in [5.41, 5.74) is 0.997. The average Bonchev–Trinajstić information content (AvgIpc) is 3.26. The Hall–Kier alpha value is -3.09. The monoisotopic (exact) mass is 354 g/mol. The molecule has 3 rings (SSSR count). The predicted octanol–water partition coefficient (Wildman–Crippen LogP) is 2.02. The standard InChI is InChI=1S/C19H22N4O3/c1-20-19(22-13-14-7-6-12-26-14)21-10-4-5-11-23-17(24)15-8-2-3-9-16(15)18(23)25/h2-3,6-9,12H,4-5,10-11,13H2,1H3,(H2,20,21,22). The van der Waals surface area contributed by atoms with Crippen LogP contribution in [0.25, 0.3) is 0 Å². The van der Waals surface area contributed by atoms with E-state index in [9.17, 15) is 9.59 Å². The van der Waals surface area contributed by atoms with E-state index in [1.165, 1.54) is 4.90 Å². The summed E-state index contributed by atoms with van der Waals surface area (Å²) in [5.74, 6) is 1.12. The van der Waals surface area contributed by atoms with E-state index >= 15 is 0 Å². The molecular formula is C19H22N4O3. The van der Waals surface area contributed by atoms with E-state index in [4.69, 9.17) is 4.42 Å². The fraction of sp³-hybridized carbons (Fsp3) is 0.316. The van der Waals surface area contributed by atoms with Crippen LogP contribution in [0.1, 0.15) is 39.3 Å². The number of benzene rings is 1. The molecule has 1 aromatic heterocycles. The molecule has 1 aromatic carbocycles. The van der Waals surface area contributed by atoms with E-state index in [0.29, 0.717) is 36.7 Å². The lowest BCUT2D eigenvalue weighted by Gasteiger charge is -2.14. The van der Waals surface area contributed by atoms with Crippen LogP contribution in [0.2, 0.25) is 0 Å². The van der Waals surface area contributed by atoms with Gasteiger partial charge in [0.05, 0.1) is 23.9 Å². The molecule has 0 atom stereocenters. The number of carbonyl (C=O) groups excluding carboxylic acids is 2. The van der Waals surface area contributed by atoms with Gasteiger partial charge in [-0.3, -0.25) is 19.5 Å². The minimum atomic E-state index is -0.200. The van der Waals surface area contributed by atoms with E-state index < -0.39 is 0 Å². The maximum absolute atomic E-state index is 12.3. The number of amides is 2. The third kappa shape index (κ3) is 3.93. The maximum atomic E-state index is 12.3. The third-order valence-corrected chi connectivity index (χ3v) is 4.21. The van der Waals surface area contributed by atoms with E-state index in [0.717, 1.165) is 18.6 Å². The van der Waals surface area contributed by atoms with Crippen molar-refractivity contribution in [1.82, 2.24) is 15.5 Å². The molecule has 2 amide bonds. The van der Waals surface area contributed by atoms with Crippen molar-refractivity contribution in [3.05, 3.63) is 59.5 Å². The lowest BCUT2D eigenvalue weighted by Crippen LogP contribution is -2.37. The summed E-state index contributed by atoms with van der Waals surface area (Å²) in [7, 11) is 1.70. The van der Waals surface area contributed by atoms with Crippen molar-refractivity contribution < 1.29 is 14.0 Å². The number of fused-ring (bicyclic) bond motifs is 1. The van der Waals surface area contributed by atoms with Crippen LogP contribution in [-0.2, 0) is 6.54 Å². The first-order valence-electron chi connectivity index (χ1n) is 8.63. The van der Waals surface area contributed by atoms with Crippen molar-refractivity contribution in [3.63, 3.8) is 0 Å². The van der Waals surface area contributed by atoms with Gasteiger partial charge in [0, 0.05) is 20.1 Å². The first-order valence-corrected chi connectivity index (χ1v) is 8.63. The number of carbonyl (C=O) groups is 2. The van der Waals surface area contributed by atoms with Crippen LogP contribution in [0, 0.1) is 0 Å². The molecule has 2 aromatic rings. The van der Waals surface area contributed by atoms with Crippen molar-refractivity contribution >= 4 is 17.8 Å². The SMILES string of the molecule is CN=C(NCCCCN1C(=O)c2ccccc2C1=O)NCc1ccco1. The van der Waals surface area contributed by atoms with Gasteiger partial charge in [0.1, 0.15) is 5.76 Å². The number of hydrogen-bond acceptors (Lipinski definition) is 4. The normalized spacial score (nSPS) is 13.9. The Bertz CT molecular complexity index is 764. The summed E-state index contributed by atoms with van der Waals surface area (Å²) in [6.45, 7) is 1.68. The molecule has 2 N–H and O–H groups in total. The number of rotatable bonds is 7. The fourth-order valence-electron chi connectivity index (χ4n) is 2.85. The molecule has 136 valence electrons. The fourth-order valence-corrected chi connectivity index (χ4v) is 2.85. The smallest absolute Gasteiger partial charge is 0.261 e. The minimum Gasteiger partial charge on any atom is -0.467 e. The Kier molecular flexibility index (Phi) is 5.68. The van der Waals surface area contributed by atoms with Crippen LogP contribution >= 0.6 is 0 Å². The second-order valence-electron chi connectivity index (χ2n) is 5.95. The highest BCUT2D eigenvalue weighted by atomic mass is 16.3. The Morgan fingerprint density at radius 2 is 1.77 bits per heavy atom. The molecule has 0 saturated heterocycles. The van der Waals surface area contributed by atoms with Crippen LogP contribution < -0.4 is 10.6 Å². The molecule has 0 spiro atoms. The molecule has 0 bridgehead atoms. The Morgan fingerprint density at radius 1 is 1.04 bits per heavy atom. The largest absolute Gasteiger partial charge is 0.467 e. The Morgan fingerprint density at radius 3 is 2.38 bits per heavy atom. The average molecular weight is 354 g/mol. The van der Waals surface area contributed by atoms with Gasteiger partial charge >= 0.3 is 0 Å². The molecule has 0 unspecified atom stereocenters. The maximum Gasteiger partial charge on any atom is 0.261 e. The van der Waals surface area contributed by atoms with Crippen LogP contribution in [0.15, 0.2) is 52.1 Å². The van der Waals surface area contributed by atoms with Gasteiger partial charge in [0.15, 0.2) is 5.96 Å². The molecule has 1 aliphatic rings. The molecule has 0 aliphatic carbocycles. The van der Waals surface area contributed by atoms with E-state index in [1.54, 1.807) is 37.6 Å². The number of imide groups is 1. The quantitative estimate of drug-likeness (QED) is 0.344. The van der Waals surface area contributed by atoms with Gasteiger partial charge < -0.3 is 15.1 Å². The number of guanidine groups is 1. The van der Waals surface area contributed by atoms with Gasteiger partial charge in [-0.15, -0.1) is 0 Å². The molecule has 26 heavy (non-hydrogen) atoms. The number of furan rings is 1. The first-order chi connectivity index (χ1) is 12.7. The van der Waals surface area contributed by atoms with Crippen molar-refractivity contribution in [1.29, 1.82) is 0 Å². The van der Waals surface area contributed by atoms with Crippen LogP contribution in [-0.4, -0.2) is 42.8 Å². The molecule has 2 heterocycles. The second-order valence-corrected chi connectivity index (χ2v) is 5.95. The highest BCUT2D eigenvalue weighted by Gasteiger charge is 2.34. The topological polar surface area (TPSA) is 86.9 Å². The van der Waals surface area contributed by atoms with E-state index in [-0.39, 0.29) is 11.8 Å². The molecule has 7 nitrogen and oxygen atoms in total. The van der Waals surface area contributed by atoms with Gasteiger partial charge in [0.2, 0.25) is 0 Å². The van der Waals surface area contributed by atoms with Crippen LogP contribution in [0.3, 0.4) is 0 Å². The summed E-state index contributed by atoms with van der Waals surface area (Å²) in [6, 6.07) is 10.7. The van der Waals surface area contributed by atoms with Crippen molar-refractivity contribution in [2.45, 2.75) is 19.4 Å². The minimum absolute atomic E-state index is 0.200. The molecule has 0 radical (unpaired) electrons. The predicted molar refractivity (Wildman–Crippen MR) is 98.0 cm³/mol. The van der Waals surface area contributed by atoms with Gasteiger partial charge in [0.25, 0.3) is 11.8 Å². The zero-order chi connectivity index (χ0) is 18.4. The summed E-state index contributed by atoms with van der Waals surface area (Å²) in [4.78, 5) is 30.0. The number of aliphatic imine (C=N–C) groups is 1. The second kappa shape index (κ2) is 8.33. The molecule has 0 saturated carbocycles. The van der Waals surface area contributed by atoms with E-state index in [1.807, 2.05) is 12.1 Å². The number of nitrogens with zero attached hydrogens (tertiary/aromatic N) is 2. The Balaban J connectivity index is 1.38. The zero-order valence-corrected chi connectivity index (χ0v) is 14.7. The summed E-state index contributed by atoms with van der Waals surface area (Å²) >= 11 is 0. The highest BCUT2D eigenvalue weighted by molar-refractivity contribution is 6.21. The first kappa shape index (κ1) is 17.7. The number of nitrogens with one attached hydrogen (secondary N) is 2. The summed E-state index contributed by atoms with van der Waals surface area (Å²) in [5, 5.41) is 6.36. The van der Waals surface area contributed by atoms with Gasteiger partial charge in [-0.05, 0) is 37.1 Å². The van der Waals surface area contributed by atoms with Crippen LogP contribution in [0.5, 0.6) is 0 Å². The number of unbranched alkanes of at least 4 members (excludes halogenated alkanes) is 1. The van der Waals surface area contributed by atoms with Gasteiger partial charge in [-0.1, -0.05) is 12.1 Å². The third-order valence-electron chi connectivity index (χ3n) is 4.21. The lowest BCUT2D eigenvalue weighted by molar-refractivity contribution is 0.0652. The summed E-state index contributed by atoms with van der Waals surface area (Å²) < 4.78 is 5.26. The van der Waals surface area contributed by atoms with E-state index in [2.05, 4.69) is 15.6 Å². The molecular weight excluding hydrogens is 332 g/mol. The summed E-state index contributed by atoms with van der Waals surface area (Å²) in [6.07, 6.45) is 3.18. The number of hydrogen-bond donors (Lipinski definition) is 2. The lowest BCUT2D eigenvalue weighted by atomic mass is 10.1. The highest BCUT2D eigenvalue weighted by Crippen LogP contribution is 2.22. The Labute approximate surface area is 152 Å². The molecule has 7 heteroatoms. The van der Waals surface area contributed by atoms with Gasteiger partial charge in [-0.2, -0.15) is 0 Å². The van der Waals surface area contributed by atoms with Crippen molar-refractivity contribution in [2.75, 3.05) is 20.1 Å². The van der Waals surface area contributed by atoms with Gasteiger partial charge in [-0.25, -0.2) is 0 Å².